The predicted molar refractivity (Wildman–Crippen MR) is 216 cm³/mol. The highest BCUT2D eigenvalue weighted by molar-refractivity contribution is 7.85. The van der Waals surface area contributed by atoms with Crippen LogP contribution in [0.1, 0.15) is 213 Å². The van der Waals surface area contributed by atoms with E-state index in [4.69, 9.17) is 0 Å². The summed E-state index contributed by atoms with van der Waals surface area (Å²) in [6.07, 6.45) is 48.4. The van der Waals surface area contributed by atoms with Gasteiger partial charge in [-0.2, -0.15) is 8.42 Å². The van der Waals surface area contributed by atoms with Crippen LogP contribution in [0.3, 0.4) is 0 Å². The fraction of sp³-hybridized carbons (Fsp3) is 0.837. The van der Waals surface area contributed by atoms with E-state index in [1.54, 1.807) is 6.08 Å². The molecule has 0 bridgehead atoms. The first-order valence-electron chi connectivity index (χ1n) is 21.2. The molecule has 0 saturated heterocycles. The smallest absolute Gasteiger partial charge is 0.267 e. The molecule has 50 heavy (non-hydrogen) atoms. The van der Waals surface area contributed by atoms with Crippen LogP contribution in [-0.4, -0.2) is 41.9 Å². The van der Waals surface area contributed by atoms with E-state index in [1.165, 1.54) is 148 Å². The number of unbranched alkanes of at least 4 members (excludes halogenated alkanes) is 26. The van der Waals surface area contributed by atoms with E-state index < -0.39 is 28.0 Å². The van der Waals surface area contributed by atoms with E-state index in [2.05, 4.69) is 43.5 Å². The van der Waals surface area contributed by atoms with Crippen LogP contribution in [0.2, 0.25) is 0 Å². The molecule has 0 saturated carbocycles. The number of nitrogens with one attached hydrogen (secondary N) is 1. The van der Waals surface area contributed by atoms with Crippen LogP contribution in [0.5, 0.6) is 0 Å². The molecule has 0 aliphatic heterocycles. The number of aliphatic hydroxyl groups excluding tert-OH is 1. The summed E-state index contributed by atoms with van der Waals surface area (Å²) < 4.78 is 32.5. The molecular formula is C43H81NO5S. The summed E-state index contributed by atoms with van der Waals surface area (Å²) in [5.41, 5.74) is 0. The fourth-order valence-electron chi connectivity index (χ4n) is 6.36. The van der Waals surface area contributed by atoms with Gasteiger partial charge in [-0.15, -0.1) is 0 Å². The lowest BCUT2D eigenvalue weighted by molar-refractivity contribution is -0.122. The van der Waals surface area contributed by atoms with E-state index in [9.17, 15) is 22.9 Å². The molecule has 0 rings (SSSR count). The lowest BCUT2D eigenvalue weighted by Gasteiger charge is -2.21. The summed E-state index contributed by atoms with van der Waals surface area (Å²) in [5, 5.41) is 13.2. The van der Waals surface area contributed by atoms with Gasteiger partial charge in [0.25, 0.3) is 10.1 Å². The second-order valence-electron chi connectivity index (χ2n) is 14.6. The average Bonchev–Trinajstić information content (AvgIpc) is 3.08. The zero-order chi connectivity index (χ0) is 36.8. The molecule has 0 spiro atoms. The van der Waals surface area contributed by atoms with Gasteiger partial charge in [-0.3, -0.25) is 9.35 Å². The lowest BCUT2D eigenvalue weighted by atomic mass is 10.0. The van der Waals surface area contributed by atoms with Crippen molar-refractivity contribution >= 4 is 16.0 Å². The van der Waals surface area contributed by atoms with Crippen molar-refractivity contribution in [1.29, 1.82) is 0 Å². The van der Waals surface area contributed by atoms with Gasteiger partial charge in [0.2, 0.25) is 5.91 Å². The van der Waals surface area contributed by atoms with Crippen LogP contribution in [0.15, 0.2) is 36.5 Å². The molecule has 0 fully saturated rings. The van der Waals surface area contributed by atoms with E-state index in [0.717, 1.165) is 44.9 Å². The number of hydrogen-bond donors (Lipinski definition) is 3. The maximum absolute atomic E-state index is 12.5. The Hall–Kier alpha value is -1.44. The highest BCUT2D eigenvalue weighted by atomic mass is 32.2. The number of amides is 1. The Morgan fingerprint density at radius 3 is 1.30 bits per heavy atom. The Morgan fingerprint density at radius 2 is 0.900 bits per heavy atom. The number of rotatable bonds is 38. The molecule has 6 nitrogen and oxygen atoms in total. The minimum atomic E-state index is -4.34. The van der Waals surface area contributed by atoms with Crippen molar-refractivity contribution in [3.05, 3.63) is 36.5 Å². The summed E-state index contributed by atoms with van der Waals surface area (Å²) in [6.45, 7) is 4.51. The SMILES string of the molecule is CCCCCCC/C=C\C/C=C\CCCCCCCCCCCC(=O)NC(CS(=O)(=O)O)C(O)/C=C/CCCCCCCCCCCCCC. The average molecular weight is 724 g/mol. The predicted octanol–water partition coefficient (Wildman–Crippen LogP) is 12.5. The van der Waals surface area contributed by atoms with Gasteiger partial charge in [0.05, 0.1) is 17.9 Å². The number of carbonyl (C=O) groups excluding carboxylic acids is 1. The summed E-state index contributed by atoms with van der Waals surface area (Å²) in [5.74, 6) is -0.981. The summed E-state index contributed by atoms with van der Waals surface area (Å²) in [4.78, 5) is 12.5. The molecule has 2 unspecified atom stereocenters. The minimum Gasteiger partial charge on any atom is -0.387 e. The third-order valence-electron chi connectivity index (χ3n) is 9.56. The molecule has 7 heteroatoms. The van der Waals surface area contributed by atoms with Crippen LogP contribution >= 0.6 is 0 Å². The third kappa shape index (κ3) is 37.8. The second-order valence-corrected chi connectivity index (χ2v) is 16.1. The Kier molecular flexibility index (Phi) is 36.2. The van der Waals surface area contributed by atoms with E-state index in [1.807, 2.05) is 6.08 Å². The molecule has 0 heterocycles. The standard InChI is InChI=1S/C43H81NO5S/c1-3-5-7-9-11-13-15-17-19-20-21-22-23-24-25-27-29-31-33-35-37-39-43(46)44-41(40-50(47,48)49)42(45)38-36-34-32-30-28-26-18-16-14-12-10-8-6-4-2/h15,17,20-21,36,38,41-42,45H,3-14,16,18-19,22-35,37,39-40H2,1-2H3,(H,44,46)(H,47,48,49)/b17-15-,21-20-,38-36+. The summed E-state index contributed by atoms with van der Waals surface area (Å²) in [6, 6.07) is -1.06. The monoisotopic (exact) mass is 724 g/mol. The van der Waals surface area contributed by atoms with E-state index in [-0.39, 0.29) is 5.91 Å². The molecule has 0 aromatic carbocycles. The van der Waals surface area contributed by atoms with Crippen LogP contribution < -0.4 is 5.32 Å². The first kappa shape index (κ1) is 48.6. The molecule has 294 valence electrons. The number of aliphatic hydroxyl groups is 1. The third-order valence-corrected chi connectivity index (χ3v) is 10.3. The molecule has 1 amide bonds. The van der Waals surface area contributed by atoms with Crippen molar-refractivity contribution in [3.8, 4) is 0 Å². The zero-order valence-electron chi connectivity index (χ0n) is 32.8. The second kappa shape index (κ2) is 37.3. The molecule has 0 aliphatic carbocycles. The fourth-order valence-corrected chi connectivity index (χ4v) is 7.10. The number of carbonyl (C=O) groups is 1. The quantitative estimate of drug-likeness (QED) is 0.0334. The zero-order valence-corrected chi connectivity index (χ0v) is 33.6. The van der Waals surface area contributed by atoms with Crippen molar-refractivity contribution in [2.45, 2.75) is 225 Å². The lowest BCUT2D eigenvalue weighted by Crippen LogP contribution is -2.46. The minimum absolute atomic E-state index is 0.282. The maximum Gasteiger partial charge on any atom is 0.267 e. The van der Waals surface area contributed by atoms with Gasteiger partial charge in [-0.25, -0.2) is 0 Å². The molecule has 3 N–H and O–H groups in total. The topological polar surface area (TPSA) is 104 Å². The molecule has 0 aliphatic rings. The van der Waals surface area contributed by atoms with Gasteiger partial charge >= 0.3 is 0 Å². The van der Waals surface area contributed by atoms with E-state index >= 15 is 0 Å². The van der Waals surface area contributed by atoms with Crippen molar-refractivity contribution in [1.82, 2.24) is 5.32 Å². The Balaban J connectivity index is 3.89. The van der Waals surface area contributed by atoms with Crippen molar-refractivity contribution in [2.24, 2.45) is 0 Å². The normalized spacial score (nSPS) is 13.6. The van der Waals surface area contributed by atoms with Crippen LogP contribution in [-0.2, 0) is 14.9 Å². The highest BCUT2D eigenvalue weighted by Crippen LogP contribution is 2.14. The van der Waals surface area contributed by atoms with Crippen molar-refractivity contribution in [3.63, 3.8) is 0 Å². The largest absolute Gasteiger partial charge is 0.387 e. The highest BCUT2D eigenvalue weighted by Gasteiger charge is 2.24. The maximum atomic E-state index is 12.5. The Labute approximate surface area is 310 Å². The van der Waals surface area contributed by atoms with Gasteiger partial charge in [0.1, 0.15) is 0 Å². The van der Waals surface area contributed by atoms with Crippen molar-refractivity contribution in [2.75, 3.05) is 5.75 Å². The van der Waals surface area contributed by atoms with Gasteiger partial charge in [0, 0.05) is 6.42 Å². The van der Waals surface area contributed by atoms with E-state index in [0.29, 0.717) is 6.42 Å². The van der Waals surface area contributed by atoms with Crippen LogP contribution in [0.4, 0.5) is 0 Å². The first-order chi connectivity index (χ1) is 24.3. The van der Waals surface area contributed by atoms with Crippen molar-refractivity contribution < 1.29 is 22.9 Å². The molecule has 0 radical (unpaired) electrons. The molecular weight excluding hydrogens is 643 g/mol. The number of allylic oxidation sites excluding steroid dienone is 5. The molecule has 0 aromatic heterocycles. The van der Waals surface area contributed by atoms with Crippen LogP contribution in [0, 0.1) is 0 Å². The molecule has 2 atom stereocenters. The number of hydrogen-bond acceptors (Lipinski definition) is 4. The van der Waals surface area contributed by atoms with Crippen LogP contribution in [0.25, 0.3) is 0 Å². The van der Waals surface area contributed by atoms with Gasteiger partial charge < -0.3 is 10.4 Å². The Bertz CT molecular complexity index is 930. The van der Waals surface area contributed by atoms with Gasteiger partial charge in [-0.1, -0.05) is 192 Å². The summed E-state index contributed by atoms with van der Waals surface area (Å²) in [7, 11) is -4.34. The summed E-state index contributed by atoms with van der Waals surface area (Å²) >= 11 is 0. The Morgan fingerprint density at radius 1 is 0.540 bits per heavy atom. The molecule has 0 aromatic rings. The van der Waals surface area contributed by atoms with Gasteiger partial charge in [0.15, 0.2) is 0 Å². The van der Waals surface area contributed by atoms with Gasteiger partial charge in [-0.05, 0) is 51.4 Å². The first-order valence-corrected chi connectivity index (χ1v) is 22.8.